The largest absolute Gasteiger partial charge is 0.327 e. The van der Waals surface area contributed by atoms with Crippen molar-refractivity contribution >= 4 is 22.4 Å². The molecule has 0 saturated heterocycles. The molecule has 0 aliphatic rings. The smallest absolute Gasteiger partial charge is 0.0406 e. The van der Waals surface area contributed by atoms with Gasteiger partial charge in [-0.1, -0.05) is 84.4 Å². The zero-order valence-corrected chi connectivity index (χ0v) is 16.7. The van der Waals surface area contributed by atoms with E-state index in [0.29, 0.717) is 0 Å². The Hall–Kier alpha value is -2.61. The van der Waals surface area contributed by atoms with Gasteiger partial charge in [0, 0.05) is 17.0 Å². The Kier molecular flexibility index (Phi) is 5.47. The fourth-order valence-corrected chi connectivity index (χ4v) is 3.94. The lowest BCUT2D eigenvalue weighted by atomic mass is 9.86. The van der Waals surface area contributed by atoms with Crippen LogP contribution in [0.1, 0.15) is 24.0 Å². The van der Waals surface area contributed by atoms with E-state index in [0.717, 1.165) is 11.4 Å². The lowest BCUT2D eigenvalue weighted by molar-refractivity contribution is 0.565. The van der Waals surface area contributed by atoms with E-state index < -0.39 is 0 Å². The zero-order valence-electron chi connectivity index (χ0n) is 16.0. The minimum atomic E-state index is 0.0606. The van der Waals surface area contributed by atoms with Crippen molar-refractivity contribution in [2.24, 2.45) is 5.73 Å². The fraction of sp³-hybridized carbons (Fsp3) is 0.154. The van der Waals surface area contributed by atoms with Crippen molar-refractivity contribution in [3.63, 3.8) is 0 Å². The molecule has 0 heterocycles. The second kappa shape index (κ2) is 8.18. The summed E-state index contributed by atoms with van der Waals surface area (Å²) in [5, 5.41) is 3.28. The van der Waals surface area contributed by atoms with Gasteiger partial charge >= 0.3 is 0 Å². The van der Waals surface area contributed by atoms with Gasteiger partial charge in [0.15, 0.2) is 0 Å². The van der Waals surface area contributed by atoms with Gasteiger partial charge in [0.25, 0.3) is 0 Å². The molecule has 0 aliphatic heterocycles. The SMILES string of the molecule is CC(N)C(Cc1cccc(-c2ccc3ccccc3c2)c1)c1ccc(Cl)cc1. The summed E-state index contributed by atoms with van der Waals surface area (Å²) >= 11 is 6.05. The molecule has 2 unspecified atom stereocenters. The third kappa shape index (κ3) is 4.11. The van der Waals surface area contributed by atoms with Gasteiger partial charge in [-0.15, -0.1) is 0 Å². The third-order valence-corrected chi connectivity index (χ3v) is 5.65. The van der Waals surface area contributed by atoms with Crippen LogP contribution in [-0.4, -0.2) is 6.04 Å². The van der Waals surface area contributed by atoms with E-state index in [2.05, 4.69) is 85.8 Å². The van der Waals surface area contributed by atoms with Crippen LogP contribution in [-0.2, 0) is 6.42 Å². The Balaban J connectivity index is 1.64. The average molecular weight is 386 g/mol. The molecule has 4 aromatic rings. The maximum atomic E-state index is 6.33. The molecule has 0 aromatic heterocycles. The molecular formula is C26H24ClN. The van der Waals surface area contributed by atoms with Crippen molar-refractivity contribution in [2.45, 2.75) is 25.3 Å². The number of nitrogens with two attached hydrogens (primary N) is 1. The van der Waals surface area contributed by atoms with E-state index in [1.165, 1.54) is 33.0 Å². The Bertz CT molecular complexity index is 1080. The van der Waals surface area contributed by atoms with Crippen LogP contribution in [0.5, 0.6) is 0 Å². The predicted octanol–water partition coefficient (Wildman–Crippen LogP) is 6.83. The van der Waals surface area contributed by atoms with Crippen LogP contribution in [0.25, 0.3) is 21.9 Å². The number of halogens is 1. The predicted molar refractivity (Wildman–Crippen MR) is 121 cm³/mol. The number of hydrogen-bond donors (Lipinski definition) is 1. The molecule has 28 heavy (non-hydrogen) atoms. The minimum Gasteiger partial charge on any atom is -0.327 e. The summed E-state index contributed by atoms with van der Waals surface area (Å²) in [5.41, 5.74) is 11.3. The average Bonchev–Trinajstić information content (AvgIpc) is 2.72. The minimum absolute atomic E-state index is 0.0606. The molecule has 0 saturated carbocycles. The van der Waals surface area contributed by atoms with Gasteiger partial charge in [-0.2, -0.15) is 0 Å². The van der Waals surface area contributed by atoms with Crippen molar-refractivity contribution in [3.05, 3.63) is 107 Å². The number of rotatable bonds is 5. The highest BCUT2D eigenvalue weighted by atomic mass is 35.5. The van der Waals surface area contributed by atoms with Crippen LogP contribution in [0.3, 0.4) is 0 Å². The maximum Gasteiger partial charge on any atom is 0.0406 e. The normalized spacial score (nSPS) is 13.4. The summed E-state index contributed by atoms with van der Waals surface area (Å²) < 4.78 is 0. The topological polar surface area (TPSA) is 26.0 Å². The molecular weight excluding hydrogens is 362 g/mol. The zero-order chi connectivity index (χ0) is 19.5. The molecule has 0 aliphatic carbocycles. The number of hydrogen-bond acceptors (Lipinski definition) is 1. The number of benzene rings is 4. The van der Waals surface area contributed by atoms with Crippen molar-refractivity contribution in [2.75, 3.05) is 0 Å². The quantitative estimate of drug-likeness (QED) is 0.400. The highest BCUT2D eigenvalue weighted by Crippen LogP contribution is 2.29. The molecule has 2 heteroatoms. The van der Waals surface area contributed by atoms with Crippen LogP contribution < -0.4 is 5.73 Å². The Morgan fingerprint density at radius 3 is 2.21 bits per heavy atom. The first-order chi connectivity index (χ1) is 13.6. The van der Waals surface area contributed by atoms with E-state index in [1.807, 2.05) is 12.1 Å². The highest BCUT2D eigenvalue weighted by Gasteiger charge is 2.17. The van der Waals surface area contributed by atoms with Crippen LogP contribution in [0.2, 0.25) is 5.02 Å². The Morgan fingerprint density at radius 1 is 0.750 bits per heavy atom. The van der Waals surface area contributed by atoms with Crippen molar-refractivity contribution < 1.29 is 0 Å². The van der Waals surface area contributed by atoms with E-state index in [-0.39, 0.29) is 12.0 Å². The van der Waals surface area contributed by atoms with Gasteiger partial charge in [-0.05, 0) is 64.6 Å². The van der Waals surface area contributed by atoms with E-state index >= 15 is 0 Å². The first-order valence-electron chi connectivity index (χ1n) is 9.69. The summed E-state index contributed by atoms with van der Waals surface area (Å²) in [6.45, 7) is 2.08. The Morgan fingerprint density at radius 2 is 1.46 bits per heavy atom. The summed E-state index contributed by atoms with van der Waals surface area (Å²) in [5.74, 6) is 0.254. The van der Waals surface area contributed by atoms with Gasteiger partial charge in [0.1, 0.15) is 0 Å². The molecule has 0 spiro atoms. The van der Waals surface area contributed by atoms with Crippen molar-refractivity contribution in [1.29, 1.82) is 0 Å². The Labute approximate surface area is 171 Å². The molecule has 4 rings (SSSR count). The molecule has 0 fully saturated rings. The van der Waals surface area contributed by atoms with E-state index in [9.17, 15) is 0 Å². The molecule has 140 valence electrons. The highest BCUT2D eigenvalue weighted by molar-refractivity contribution is 6.30. The molecule has 1 nitrogen and oxygen atoms in total. The lowest BCUT2D eigenvalue weighted by Crippen LogP contribution is -2.26. The summed E-state index contributed by atoms with van der Waals surface area (Å²) in [4.78, 5) is 0. The van der Waals surface area contributed by atoms with E-state index in [4.69, 9.17) is 17.3 Å². The molecule has 4 aromatic carbocycles. The van der Waals surface area contributed by atoms with Crippen LogP contribution in [0.4, 0.5) is 0 Å². The van der Waals surface area contributed by atoms with E-state index in [1.54, 1.807) is 0 Å². The molecule has 0 bridgehead atoms. The summed E-state index contributed by atoms with van der Waals surface area (Å²) in [6.07, 6.45) is 0.903. The van der Waals surface area contributed by atoms with Gasteiger partial charge in [-0.3, -0.25) is 0 Å². The van der Waals surface area contributed by atoms with Crippen molar-refractivity contribution in [1.82, 2.24) is 0 Å². The standard InChI is InChI=1S/C26H24ClN/c1-18(28)26(21-11-13-25(27)14-12-21)16-19-5-4-8-22(15-19)24-10-9-20-6-2-3-7-23(20)17-24/h2-15,17-18,26H,16,28H2,1H3. The first kappa shape index (κ1) is 18.7. The van der Waals surface area contributed by atoms with Gasteiger partial charge in [0.05, 0.1) is 0 Å². The van der Waals surface area contributed by atoms with Crippen LogP contribution >= 0.6 is 11.6 Å². The van der Waals surface area contributed by atoms with Crippen LogP contribution in [0, 0.1) is 0 Å². The van der Waals surface area contributed by atoms with Gasteiger partial charge in [0.2, 0.25) is 0 Å². The lowest BCUT2D eigenvalue weighted by Gasteiger charge is -2.22. The molecule has 0 amide bonds. The summed E-state index contributed by atoms with van der Waals surface area (Å²) in [7, 11) is 0. The fourth-order valence-electron chi connectivity index (χ4n) is 3.82. The molecule has 2 atom stereocenters. The summed E-state index contributed by atoms with van der Waals surface area (Å²) in [6, 6.07) is 32.0. The monoisotopic (exact) mass is 385 g/mol. The van der Waals surface area contributed by atoms with Crippen molar-refractivity contribution in [3.8, 4) is 11.1 Å². The van der Waals surface area contributed by atoms with Gasteiger partial charge < -0.3 is 5.73 Å². The van der Waals surface area contributed by atoms with Crippen LogP contribution in [0.15, 0.2) is 91.0 Å². The first-order valence-corrected chi connectivity index (χ1v) is 10.1. The number of fused-ring (bicyclic) bond motifs is 1. The second-order valence-electron chi connectivity index (χ2n) is 7.48. The second-order valence-corrected chi connectivity index (χ2v) is 7.92. The maximum absolute atomic E-state index is 6.33. The molecule has 0 radical (unpaired) electrons. The van der Waals surface area contributed by atoms with Gasteiger partial charge in [-0.25, -0.2) is 0 Å². The molecule has 2 N–H and O–H groups in total. The third-order valence-electron chi connectivity index (χ3n) is 5.40.